The van der Waals surface area contributed by atoms with Crippen LogP contribution in [0.2, 0.25) is 0 Å². The smallest absolute Gasteiger partial charge is 0.126 e. The molecule has 1 heterocycles. The third-order valence-corrected chi connectivity index (χ3v) is 3.02. The Balaban J connectivity index is 2.44. The van der Waals surface area contributed by atoms with Crippen molar-refractivity contribution in [3.05, 3.63) is 22.8 Å². The van der Waals surface area contributed by atoms with Crippen LogP contribution in [0, 0.1) is 0 Å². The summed E-state index contributed by atoms with van der Waals surface area (Å²) in [6.45, 7) is 9.79. The Hall–Kier alpha value is -0.610. The number of anilines is 1. The number of likely N-dealkylation sites (N-methyl/N-ethyl adjacent to an activating group) is 1. The number of aromatic nitrogens is 1. The van der Waals surface area contributed by atoms with E-state index < -0.39 is 0 Å². The maximum Gasteiger partial charge on any atom is 0.126 e. The normalized spacial score (nSPS) is 12.8. The molecule has 1 aromatic rings. The van der Waals surface area contributed by atoms with Crippen LogP contribution in [-0.4, -0.2) is 35.6 Å². The van der Waals surface area contributed by atoms with Gasteiger partial charge in [0.05, 0.1) is 0 Å². The van der Waals surface area contributed by atoms with E-state index in [1.54, 1.807) is 0 Å². The summed E-state index contributed by atoms with van der Waals surface area (Å²) in [6.07, 6.45) is 1.81. The van der Waals surface area contributed by atoms with Crippen molar-refractivity contribution in [1.82, 2.24) is 9.88 Å². The lowest BCUT2D eigenvalue weighted by Crippen LogP contribution is -2.34. The number of nitrogens with one attached hydrogen (secondary N) is 1. The van der Waals surface area contributed by atoms with Crippen molar-refractivity contribution >= 4 is 21.7 Å². The van der Waals surface area contributed by atoms with Crippen molar-refractivity contribution in [1.29, 1.82) is 0 Å². The zero-order valence-electron chi connectivity index (χ0n) is 10.2. The van der Waals surface area contributed by atoms with Gasteiger partial charge in [0.15, 0.2) is 0 Å². The van der Waals surface area contributed by atoms with Gasteiger partial charge >= 0.3 is 0 Å². The third kappa shape index (κ3) is 4.49. The molecule has 3 nitrogen and oxygen atoms in total. The lowest BCUT2D eigenvalue weighted by atomic mass is 10.3. The zero-order chi connectivity index (χ0) is 12.0. The molecule has 1 aromatic heterocycles. The molecule has 0 saturated heterocycles. The molecule has 0 spiro atoms. The van der Waals surface area contributed by atoms with Crippen molar-refractivity contribution in [2.75, 3.05) is 25.0 Å². The zero-order valence-corrected chi connectivity index (χ0v) is 11.8. The third-order valence-electron chi connectivity index (χ3n) is 2.55. The molecule has 0 amide bonds. The van der Waals surface area contributed by atoms with Crippen LogP contribution in [0.4, 0.5) is 5.82 Å². The van der Waals surface area contributed by atoms with Gasteiger partial charge in [0.25, 0.3) is 0 Å². The van der Waals surface area contributed by atoms with Crippen molar-refractivity contribution in [3.63, 3.8) is 0 Å². The molecular formula is C12H20BrN3. The minimum absolute atomic E-state index is 0.411. The molecule has 0 aliphatic carbocycles. The molecule has 1 rings (SSSR count). The number of hydrogen-bond acceptors (Lipinski definition) is 3. The van der Waals surface area contributed by atoms with Crippen LogP contribution in [0.3, 0.4) is 0 Å². The minimum Gasteiger partial charge on any atom is -0.366 e. The van der Waals surface area contributed by atoms with E-state index in [0.717, 1.165) is 29.9 Å². The van der Waals surface area contributed by atoms with E-state index in [4.69, 9.17) is 0 Å². The fourth-order valence-corrected chi connectivity index (χ4v) is 1.86. The van der Waals surface area contributed by atoms with E-state index in [0.29, 0.717) is 6.04 Å². The number of pyridine rings is 1. The van der Waals surface area contributed by atoms with Gasteiger partial charge in [0.2, 0.25) is 0 Å². The Labute approximate surface area is 106 Å². The highest BCUT2D eigenvalue weighted by Gasteiger charge is 2.07. The topological polar surface area (TPSA) is 28.2 Å². The quantitative estimate of drug-likeness (QED) is 0.871. The maximum atomic E-state index is 4.30. The molecule has 0 radical (unpaired) electrons. The minimum atomic E-state index is 0.411. The largest absolute Gasteiger partial charge is 0.366 e. The molecule has 90 valence electrons. The molecule has 0 fully saturated rings. The van der Waals surface area contributed by atoms with Gasteiger partial charge in [0.1, 0.15) is 5.82 Å². The molecule has 1 N–H and O–H groups in total. The van der Waals surface area contributed by atoms with Gasteiger partial charge in [-0.2, -0.15) is 0 Å². The molecule has 0 saturated carbocycles. The lowest BCUT2D eigenvalue weighted by Gasteiger charge is -2.23. The summed E-state index contributed by atoms with van der Waals surface area (Å²) >= 11 is 3.38. The van der Waals surface area contributed by atoms with Gasteiger partial charge < -0.3 is 10.2 Å². The number of nitrogens with zero attached hydrogens (tertiary/aromatic N) is 2. The van der Waals surface area contributed by atoms with Gasteiger partial charge in [-0.25, -0.2) is 4.98 Å². The van der Waals surface area contributed by atoms with Gasteiger partial charge in [-0.3, -0.25) is 0 Å². The Bertz CT molecular complexity index is 296. The van der Waals surface area contributed by atoms with Gasteiger partial charge in [-0.1, -0.05) is 13.8 Å². The van der Waals surface area contributed by atoms with E-state index in [-0.39, 0.29) is 0 Å². The summed E-state index contributed by atoms with van der Waals surface area (Å²) in [5, 5.41) is 3.39. The molecular weight excluding hydrogens is 266 g/mol. The summed E-state index contributed by atoms with van der Waals surface area (Å²) in [5.74, 6) is 0.933. The molecule has 1 atom stereocenters. The van der Waals surface area contributed by atoms with Crippen LogP contribution in [0.1, 0.15) is 20.8 Å². The number of hydrogen-bond donors (Lipinski definition) is 1. The summed E-state index contributed by atoms with van der Waals surface area (Å²) in [7, 11) is 0. The van der Waals surface area contributed by atoms with Crippen LogP contribution >= 0.6 is 15.9 Å². The Kier molecular flexibility index (Phi) is 5.77. The monoisotopic (exact) mass is 285 g/mol. The van der Waals surface area contributed by atoms with E-state index in [1.165, 1.54) is 0 Å². The summed E-state index contributed by atoms with van der Waals surface area (Å²) in [5.41, 5.74) is 0. The lowest BCUT2D eigenvalue weighted by molar-refractivity contribution is 0.294. The van der Waals surface area contributed by atoms with E-state index in [9.17, 15) is 0 Å². The highest BCUT2D eigenvalue weighted by molar-refractivity contribution is 9.10. The number of halogens is 1. The SMILES string of the molecule is CCN(CC)CC(C)Nc1ccc(Br)cn1. The second kappa shape index (κ2) is 6.86. The first-order chi connectivity index (χ1) is 7.65. The predicted octanol–water partition coefficient (Wildman–Crippen LogP) is 2.99. The van der Waals surface area contributed by atoms with Crippen molar-refractivity contribution in [2.24, 2.45) is 0 Å². The van der Waals surface area contributed by atoms with Crippen molar-refractivity contribution in [2.45, 2.75) is 26.8 Å². The molecule has 1 unspecified atom stereocenters. The Morgan fingerprint density at radius 2 is 2.06 bits per heavy atom. The fourth-order valence-electron chi connectivity index (χ4n) is 1.63. The van der Waals surface area contributed by atoms with E-state index in [2.05, 4.69) is 51.9 Å². The Morgan fingerprint density at radius 1 is 1.38 bits per heavy atom. The second-order valence-corrected chi connectivity index (χ2v) is 4.81. The molecule has 0 aliphatic rings. The first-order valence-corrected chi connectivity index (χ1v) is 6.55. The highest BCUT2D eigenvalue weighted by Crippen LogP contribution is 2.11. The Morgan fingerprint density at radius 3 is 2.56 bits per heavy atom. The van der Waals surface area contributed by atoms with Crippen molar-refractivity contribution in [3.8, 4) is 0 Å². The summed E-state index contributed by atoms with van der Waals surface area (Å²) in [4.78, 5) is 6.70. The van der Waals surface area contributed by atoms with E-state index in [1.807, 2.05) is 18.3 Å². The molecule has 4 heteroatoms. The first-order valence-electron chi connectivity index (χ1n) is 5.76. The first kappa shape index (κ1) is 13.5. The summed E-state index contributed by atoms with van der Waals surface area (Å²) < 4.78 is 1.01. The van der Waals surface area contributed by atoms with Gasteiger partial charge in [-0.15, -0.1) is 0 Å². The maximum absolute atomic E-state index is 4.30. The second-order valence-electron chi connectivity index (χ2n) is 3.89. The molecule has 0 bridgehead atoms. The van der Waals surface area contributed by atoms with Crippen LogP contribution in [-0.2, 0) is 0 Å². The molecule has 16 heavy (non-hydrogen) atoms. The van der Waals surface area contributed by atoms with Crippen molar-refractivity contribution < 1.29 is 0 Å². The highest BCUT2D eigenvalue weighted by atomic mass is 79.9. The summed E-state index contributed by atoms with van der Waals surface area (Å²) in [6, 6.07) is 4.40. The average Bonchev–Trinajstić information content (AvgIpc) is 2.29. The number of rotatable bonds is 6. The van der Waals surface area contributed by atoms with Crippen LogP contribution < -0.4 is 5.32 Å². The van der Waals surface area contributed by atoms with Crippen LogP contribution in [0.25, 0.3) is 0 Å². The van der Waals surface area contributed by atoms with Crippen LogP contribution in [0.15, 0.2) is 22.8 Å². The fraction of sp³-hybridized carbons (Fsp3) is 0.583. The average molecular weight is 286 g/mol. The predicted molar refractivity (Wildman–Crippen MR) is 72.8 cm³/mol. The van der Waals surface area contributed by atoms with E-state index >= 15 is 0 Å². The van der Waals surface area contributed by atoms with Crippen LogP contribution in [0.5, 0.6) is 0 Å². The molecule has 0 aliphatic heterocycles. The van der Waals surface area contributed by atoms with Gasteiger partial charge in [-0.05, 0) is 48.1 Å². The molecule has 0 aromatic carbocycles. The van der Waals surface area contributed by atoms with Gasteiger partial charge in [0, 0.05) is 23.3 Å². The standard InChI is InChI=1S/C12H20BrN3/c1-4-16(5-2)9-10(3)15-12-7-6-11(13)8-14-12/h6-8,10H,4-5,9H2,1-3H3,(H,14,15).